The van der Waals surface area contributed by atoms with Crippen LogP contribution in [0.4, 0.5) is 13.2 Å². The van der Waals surface area contributed by atoms with Crippen LogP contribution >= 0.6 is 0 Å². The fraction of sp³-hybridized carbons (Fsp3) is 0.625. The fourth-order valence-electron chi connectivity index (χ4n) is 2.54. The van der Waals surface area contributed by atoms with E-state index in [0.29, 0.717) is 5.56 Å². The van der Waals surface area contributed by atoms with Crippen LogP contribution in [0.3, 0.4) is 0 Å². The Morgan fingerprint density at radius 1 is 1.29 bits per heavy atom. The van der Waals surface area contributed by atoms with Crippen molar-refractivity contribution in [1.29, 1.82) is 0 Å². The zero-order chi connectivity index (χ0) is 15.5. The van der Waals surface area contributed by atoms with Crippen LogP contribution in [0.5, 0.6) is 0 Å². The van der Waals surface area contributed by atoms with Gasteiger partial charge in [0.25, 0.3) is 0 Å². The lowest BCUT2D eigenvalue weighted by Gasteiger charge is -2.34. The Hall–Kier alpha value is -1.07. The summed E-state index contributed by atoms with van der Waals surface area (Å²) in [6.07, 6.45) is -2.33. The lowest BCUT2D eigenvalue weighted by molar-refractivity contribution is -0.137. The van der Waals surface area contributed by atoms with Gasteiger partial charge in [-0.15, -0.1) is 0 Å². The highest BCUT2D eigenvalue weighted by molar-refractivity contribution is 5.27. The van der Waals surface area contributed by atoms with E-state index in [1.54, 1.807) is 6.07 Å². The Morgan fingerprint density at radius 3 is 2.57 bits per heavy atom. The van der Waals surface area contributed by atoms with Gasteiger partial charge in [-0.1, -0.05) is 19.1 Å². The number of nitrogens with one attached hydrogen (secondary N) is 1. The quantitative estimate of drug-likeness (QED) is 0.901. The Labute approximate surface area is 123 Å². The zero-order valence-electron chi connectivity index (χ0n) is 12.5. The van der Waals surface area contributed by atoms with Crippen LogP contribution in [0.15, 0.2) is 24.3 Å². The largest absolute Gasteiger partial charge is 0.416 e. The molecular weight excluding hydrogens is 279 g/mol. The van der Waals surface area contributed by atoms with Gasteiger partial charge in [-0.2, -0.15) is 13.2 Å². The number of hydrogen-bond donors (Lipinski definition) is 1. The van der Waals surface area contributed by atoms with Crippen molar-refractivity contribution in [2.24, 2.45) is 5.41 Å². The smallest absolute Gasteiger partial charge is 0.381 e. The minimum absolute atomic E-state index is 0.105. The molecule has 1 heterocycles. The maximum absolute atomic E-state index is 12.7. The van der Waals surface area contributed by atoms with Gasteiger partial charge in [-0.05, 0) is 42.9 Å². The molecule has 0 aliphatic carbocycles. The molecule has 0 saturated carbocycles. The number of ether oxygens (including phenoxy) is 1. The van der Waals surface area contributed by atoms with Crippen molar-refractivity contribution in [2.75, 3.05) is 19.8 Å². The Balaban J connectivity index is 1.98. The SMILES string of the molecule is CC(NCC1(C)CCOCC1)c1cccc(C(F)(F)F)c1. The monoisotopic (exact) mass is 301 g/mol. The molecule has 2 nitrogen and oxygen atoms in total. The molecule has 0 amide bonds. The summed E-state index contributed by atoms with van der Waals surface area (Å²) in [6.45, 7) is 6.40. The Bertz CT molecular complexity index is 467. The minimum atomic E-state index is -4.29. The van der Waals surface area contributed by atoms with Gasteiger partial charge in [0.1, 0.15) is 0 Å². The molecule has 0 bridgehead atoms. The number of hydrogen-bond acceptors (Lipinski definition) is 2. The maximum atomic E-state index is 12.7. The molecule has 1 aliphatic heterocycles. The second-order valence-corrected chi connectivity index (χ2v) is 6.15. The Kier molecular flexibility index (Phi) is 4.94. The topological polar surface area (TPSA) is 21.3 Å². The minimum Gasteiger partial charge on any atom is -0.381 e. The molecule has 0 radical (unpaired) electrons. The molecule has 5 heteroatoms. The summed E-state index contributed by atoms with van der Waals surface area (Å²) in [4.78, 5) is 0. The van der Waals surface area contributed by atoms with E-state index in [4.69, 9.17) is 4.74 Å². The summed E-state index contributed by atoms with van der Waals surface area (Å²) in [7, 11) is 0. The number of halogens is 3. The van der Waals surface area contributed by atoms with Crippen LogP contribution in [0, 0.1) is 5.41 Å². The van der Waals surface area contributed by atoms with Gasteiger partial charge in [0, 0.05) is 25.8 Å². The van der Waals surface area contributed by atoms with E-state index in [9.17, 15) is 13.2 Å². The first-order valence-electron chi connectivity index (χ1n) is 7.28. The van der Waals surface area contributed by atoms with Crippen LogP contribution in [0.25, 0.3) is 0 Å². The van der Waals surface area contributed by atoms with Crippen LogP contribution in [0.2, 0.25) is 0 Å². The second kappa shape index (κ2) is 6.36. The number of rotatable bonds is 4. The lowest BCUT2D eigenvalue weighted by atomic mass is 9.82. The molecule has 1 fully saturated rings. The predicted octanol–water partition coefficient (Wildman–Crippen LogP) is 4.17. The molecule has 0 aromatic heterocycles. The van der Waals surface area contributed by atoms with Crippen molar-refractivity contribution in [3.05, 3.63) is 35.4 Å². The first-order chi connectivity index (χ1) is 9.80. The molecule has 1 aromatic carbocycles. The molecule has 21 heavy (non-hydrogen) atoms. The maximum Gasteiger partial charge on any atom is 0.416 e. The molecule has 0 spiro atoms. The van der Waals surface area contributed by atoms with Crippen LogP contribution in [-0.2, 0) is 10.9 Å². The van der Waals surface area contributed by atoms with E-state index >= 15 is 0 Å². The lowest BCUT2D eigenvalue weighted by Crippen LogP contribution is -2.37. The molecule has 2 rings (SSSR count). The Morgan fingerprint density at radius 2 is 1.95 bits per heavy atom. The molecule has 118 valence electrons. The van der Waals surface area contributed by atoms with Gasteiger partial charge in [-0.25, -0.2) is 0 Å². The van der Waals surface area contributed by atoms with E-state index in [0.717, 1.165) is 38.7 Å². The summed E-state index contributed by atoms with van der Waals surface area (Å²) in [5.41, 5.74) is 0.236. The van der Waals surface area contributed by atoms with Crippen molar-refractivity contribution < 1.29 is 17.9 Å². The molecular formula is C16H22F3NO. The predicted molar refractivity (Wildman–Crippen MR) is 76.0 cm³/mol. The van der Waals surface area contributed by atoms with Gasteiger partial charge < -0.3 is 10.1 Å². The summed E-state index contributed by atoms with van der Waals surface area (Å²) in [5, 5.41) is 3.36. The molecule has 1 aliphatic rings. The van der Waals surface area contributed by atoms with Gasteiger partial charge in [0.15, 0.2) is 0 Å². The second-order valence-electron chi connectivity index (χ2n) is 6.15. The van der Waals surface area contributed by atoms with E-state index in [1.165, 1.54) is 12.1 Å². The highest BCUT2D eigenvalue weighted by atomic mass is 19.4. The molecule has 1 unspecified atom stereocenters. The third-order valence-electron chi connectivity index (χ3n) is 4.25. The van der Waals surface area contributed by atoms with Crippen molar-refractivity contribution in [3.8, 4) is 0 Å². The summed E-state index contributed by atoms with van der Waals surface area (Å²) in [5.74, 6) is 0. The number of alkyl halides is 3. The van der Waals surface area contributed by atoms with E-state index in [2.05, 4.69) is 12.2 Å². The van der Waals surface area contributed by atoms with Gasteiger partial charge in [-0.3, -0.25) is 0 Å². The molecule has 1 N–H and O–H groups in total. The van der Waals surface area contributed by atoms with E-state index in [-0.39, 0.29) is 11.5 Å². The fourth-order valence-corrected chi connectivity index (χ4v) is 2.54. The first-order valence-corrected chi connectivity index (χ1v) is 7.28. The van der Waals surface area contributed by atoms with Gasteiger partial charge in [0.05, 0.1) is 5.56 Å². The molecule has 1 atom stereocenters. The van der Waals surface area contributed by atoms with Crippen LogP contribution in [-0.4, -0.2) is 19.8 Å². The summed E-state index contributed by atoms with van der Waals surface area (Å²) in [6, 6.07) is 5.43. The standard InChI is InChI=1S/C16H22F3NO/c1-12(20-11-15(2)6-8-21-9-7-15)13-4-3-5-14(10-13)16(17,18)19/h3-5,10,12,20H,6-9,11H2,1-2H3. The van der Waals surface area contributed by atoms with Crippen molar-refractivity contribution >= 4 is 0 Å². The highest BCUT2D eigenvalue weighted by Crippen LogP contribution is 2.32. The number of benzene rings is 1. The molecule has 1 aromatic rings. The van der Waals surface area contributed by atoms with Crippen molar-refractivity contribution in [1.82, 2.24) is 5.32 Å². The van der Waals surface area contributed by atoms with Crippen molar-refractivity contribution in [3.63, 3.8) is 0 Å². The van der Waals surface area contributed by atoms with Gasteiger partial charge >= 0.3 is 6.18 Å². The molecule has 1 saturated heterocycles. The van der Waals surface area contributed by atoms with Crippen molar-refractivity contribution in [2.45, 2.75) is 38.9 Å². The van der Waals surface area contributed by atoms with Crippen LogP contribution in [0.1, 0.15) is 43.9 Å². The van der Waals surface area contributed by atoms with E-state index in [1.807, 2.05) is 6.92 Å². The third kappa shape index (κ3) is 4.45. The normalized spacial score (nSPS) is 20.2. The summed E-state index contributed by atoms with van der Waals surface area (Å²) < 4.78 is 43.6. The summed E-state index contributed by atoms with van der Waals surface area (Å²) >= 11 is 0. The first kappa shape index (κ1) is 16.3. The van der Waals surface area contributed by atoms with E-state index < -0.39 is 11.7 Å². The zero-order valence-corrected chi connectivity index (χ0v) is 12.5. The third-order valence-corrected chi connectivity index (χ3v) is 4.25. The average Bonchev–Trinajstić information content (AvgIpc) is 2.45. The van der Waals surface area contributed by atoms with Gasteiger partial charge in [0.2, 0.25) is 0 Å². The average molecular weight is 301 g/mol. The highest BCUT2D eigenvalue weighted by Gasteiger charge is 2.31. The van der Waals surface area contributed by atoms with Crippen LogP contribution < -0.4 is 5.32 Å².